The number of hydrogen-bond acceptors (Lipinski definition) is 5. The molecular weight excluding hydrogens is 362 g/mol. The summed E-state index contributed by atoms with van der Waals surface area (Å²) in [5.74, 6) is -0.233. The van der Waals surface area contributed by atoms with Crippen LogP contribution in [0.3, 0.4) is 0 Å². The Labute approximate surface area is 160 Å². The summed E-state index contributed by atoms with van der Waals surface area (Å²) in [7, 11) is -0.981. The van der Waals surface area contributed by atoms with Crippen molar-refractivity contribution in [3.63, 3.8) is 0 Å². The molecule has 1 N–H and O–H groups in total. The third-order valence-corrected chi connectivity index (χ3v) is 5.50. The highest BCUT2D eigenvalue weighted by Gasteiger charge is 2.18. The normalized spacial score (nSPS) is 15.6. The largest absolute Gasteiger partial charge is 0.367 e. The zero-order valence-electron chi connectivity index (χ0n) is 15.7. The van der Waals surface area contributed by atoms with Crippen LogP contribution in [0.5, 0.6) is 0 Å². The predicted octanol–water partition coefficient (Wildman–Crippen LogP) is 2.24. The molecule has 1 saturated heterocycles. The van der Waals surface area contributed by atoms with Crippen molar-refractivity contribution in [1.29, 1.82) is 0 Å². The van der Waals surface area contributed by atoms with Crippen LogP contribution in [-0.2, 0) is 15.6 Å². The van der Waals surface area contributed by atoms with Crippen molar-refractivity contribution in [2.75, 3.05) is 49.7 Å². The number of para-hydroxylation sites is 2. The number of likely N-dealkylation sites (N-methyl/N-ethyl adjacent to an activating group) is 1. The Morgan fingerprint density at radius 2 is 1.63 bits per heavy atom. The third kappa shape index (κ3) is 5.30. The van der Waals surface area contributed by atoms with Crippen molar-refractivity contribution in [3.8, 4) is 0 Å². The lowest BCUT2D eigenvalue weighted by Gasteiger charge is -2.35. The Morgan fingerprint density at radius 3 is 2.26 bits per heavy atom. The summed E-state index contributed by atoms with van der Waals surface area (Å²) in [6.45, 7) is 3.82. The van der Waals surface area contributed by atoms with Gasteiger partial charge in [0.15, 0.2) is 9.84 Å². The number of piperazine rings is 1. The Morgan fingerprint density at radius 1 is 1.00 bits per heavy atom. The topological polar surface area (TPSA) is 69.7 Å². The van der Waals surface area contributed by atoms with Crippen LogP contribution in [-0.4, -0.2) is 58.7 Å². The van der Waals surface area contributed by atoms with Gasteiger partial charge in [0.2, 0.25) is 0 Å². The van der Waals surface area contributed by atoms with Gasteiger partial charge in [-0.15, -0.1) is 0 Å². The van der Waals surface area contributed by atoms with Gasteiger partial charge in [0.1, 0.15) is 0 Å². The molecule has 144 valence electrons. The minimum atomic E-state index is -3.09. The van der Waals surface area contributed by atoms with Crippen molar-refractivity contribution < 1.29 is 13.2 Å². The molecule has 1 amide bonds. The fraction of sp³-hybridized carbons (Fsp3) is 0.350. The number of nitrogens with one attached hydrogen (secondary N) is 1. The monoisotopic (exact) mass is 387 g/mol. The second kappa shape index (κ2) is 8.10. The molecule has 0 aromatic heterocycles. The van der Waals surface area contributed by atoms with Gasteiger partial charge in [0.25, 0.3) is 5.91 Å². The number of amides is 1. The van der Waals surface area contributed by atoms with Crippen LogP contribution in [0.4, 0.5) is 11.4 Å². The summed E-state index contributed by atoms with van der Waals surface area (Å²) in [5, 5.41) is 2.99. The highest BCUT2D eigenvalue weighted by molar-refractivity contribution is 7.89. The fourth-order valence-electron chi connectivity index (χ4n) is 3.15. The van der Waals surface area contributed by atoms with E-state index in [1.165, 1.54) is 6.26 Å². The van der Waals surface area contributed by atoms with Crippen molar-refractivity contribution in [2.45, 2.75) is 5.75 Å². The quantitative estimate of drug-likeness (QED) is 0.852. The van der Waals surface area contributed by atoms with Crippen molar-refractivity contribution in [3.05, 3.63) is 59.7 Å². The van der Waals surface area contributed by atoms with Crippen LogP contribution >= 0.6 is 0 Å². The molecule has 0 spiro atoms. The summed E-state index contributed by atoms with van der Waals surface area (Å²) in [6, 6.07) is 14.5. The van der Waals surface area contributed by atoms with Crippen LogP contribution in [0, 0.1) is 0 Å². The second-order valence-electron chi connectivity index (χ2n) is 7.03. The molecule has 2 aromatic carbocycles. The summed E-state index contributed by atoms with van der Waals surface area (Å²) in [5.41, 5.74) is 2.98. The first-order chi connectivity index (χ1) is 12.8. The van der Waals surface area contributed by atoms with Crippen LogP contribution in [0.15, 0.2) is 48.5 Å². The summed E-state index contributed by atoms with van der Waals surface area (Å²) < 4.78 is 22.8. The van der Waals surface area contributed by atoms with Gasteiger partial charge in [-0.05, 0) is 36.9 Å². The molecular formula is C20H25N3O3S. The van der Waals surface area contributed by atoms with Crippen LogP contribution in [0.2, 0.25) is 0 Å². The molecule has 1 aliphatic heterocycles. The number of sulfone groups is 1. The molecule has 2 aromatic rings. The van der Waals surface area contributed by atoms with Gasteiger partial charge in [0.05, 0.1) is 17.1 Å². The van der Waals surface area contributed by atoms with Gasteiger partial charge in [-0.25, -0.2) is 8.42 Å². The van der Waals surface area contributed by atoms with Crippen molar-refractivity contribution >= 4 is 27.1 Å². The zero-order valence-corrected chi connectivity index (χ0v) is 16.5. The second-order valence-corrected chi connectivity index (χ2v) is 9.17. The fourth-order valence-corrected chi connectivity index (χ4v) is 3.95. The van der Waals surface area contributed by atoms with Gasteiger partial charge >= 0.3 is 0 Å². The third-order valence-electron chi connectivity index (χ3n) is 4.64. The first-order valence-electron chi connectivity index (χ1n) is 8.92. The van der Waals surface area contributed by atoms with Gasteiger partial charge in [0, 0.05) is 38.0 Å². The van der Waals surface area contributed by atoms with E-state index in [1.807, 2.05) is 24.3 Å². The molecule has 1 aliphatic rings. The van der Waals surface area contributed by atoms with E-state index in [0.717, 1.165) is 37.6 Å². The smallest absolute Gasteiger partial charge is 0.255 e. The van der Waals surface area contributed by atoms with E-state index >= 15 is 0 Å². The molecule has 0 bridgehead atoms. The molecule has 3 rings (SSSR count). The first-order valence-corrected chi connectivity index (χ1v) is 11.0. The van der Waals surface area contributed by atoms with Gasteiger partial charge < -0.3 is 15.1 Å². The number of rotatable bonds is 5. The van der Waals surface area contributed by atoms with E-state index in [9.17, 15) is 13.2 Å². The Hall–Kier alpha value is -2.38. The average molecular weight is 388 g/mol. The number of carbonyl (C=O) groups excluding carboxylic acids is 1. The van der Waals surface area contributed by atoms with Gasteiger partial charge in [-0.3, -0.25) is 4.79 Å². The van der Waals surface area contributed by atoms with E-state index < -0.39 is 9.84 Å². The summed E-state index contributed by atoms with van der Waals surface area (Å²) in [4.78, 5) is 17.2. The summed E-state index contributed by atoms with van der Waals surface area (Å²) in [6.07, 6.45) is 1.20. The SMILES string of the molecule is CN1CCN(c2ccccc2NC(=O)c2ccc(CS(C)(=O)=O)cc2)CC1. The van der Waals surface area contributed by atoms with Gasteiger partial charge in [-0.2, -0.15) is 0 Å². The maximum absolute atomic E-state index is 12.6. The van der Waals surface area contributed by atoms with Crippen LogP contribution in [0.25, 0.3) is 0 Å². The molecule has 27 heavy (non-hydrogen) atoms. The number of nitrogens with zero attached hydrogens (tertiary/aromatic N) is 2. The number of hydrogen-bond donors (Lipinski definition) is 1. The first kappa shape index (κ1) is 19.4. The molecule has 1 heterocycles. The summed E-state index contributed by atoms with van der Waals surface area (Å²) >= 11 is 0. The standard InChI is InChI=1S/C20H25N3O3S/c1-22-11-13-23(14-12-22)19-6-4-3-5-18(19)21-20(24)17-9-7-16(8-10-17)15-27(2,25)26/h3-10H,11-15H2,1-2H3,(H,21,24). The lowest BCUT2D eigenvalue weighted by molar-refractivity contribution is 0.102. The average Bonchev–Trinajstić information content (AvgIpc) is 2.62. The van der Waals surface area contributed by atoms with Gasteiger partial charge in [-0.1, -0.05) is 24.3 Å². The Balaban J connectivity index is 1.73. The molecule has 1 fully saturated rings. The minimum Gasteiger partial charge on any atom is -0.367 e. The predicted molar refractivity (Wildman–Crippen MR) is 109 cm³/mol. The lowest BCUT2D eigenvalue weighted by Crippen LogP contribution is -2.44. The van der Waals surface area contributed by atoms with E-state index in [2.05, 4.69) is 22.2 Å². The molecule has 0 radical (unpaired) electrons. The highest BCUT2D eigenvalue weighted by Crippen LogP contribution is 2.27. The molecule has 0 unspecified atom stereocenters. The van der Waals surface area contributed by atoms with Crippen molar-refractivity contribution in [1.82, 2.24) is 4.90 Å². The Bertz CT molecular complexity index is 902. The molecule has 7 heteroatoms. The minimum absolute atomic E-state index is 0.0266. The van der Waals surface area contributed by atoms with E-state index in [-0.39, 0.29) is 11.7 Å². The number of carbonyl (C=O) groups is 1. The van der Waals surface area contributed by atoms with Crippen LogP contribution in [0.1, 0.15) is 15.9 Å². The van der Waals surface area contributed by atoms with E-state index in [0.29, 0.717) is 11.1 Å². The van der Waals surface area contributed by atoms with Crippen LogP contribution < -0.4 is 10.2 Å². The maximum atomic E-state index is 12.6. The van der Waals surface area contributed by atoms with Crippen molar-refractivity contribution in [2.24, 2.45) is 0 Å². The molecule has 0 atom stereocenters. The molecule has 0 saturated carbocycles. The highest BCUT2D eigenvalue weighted by atomic mass is 32.2. The zero-order chi connectivity index (χ0) is 19.4. The maximum Gasteiger partial charge on any atom is 0.255 e. The van der Waals surface area contributed by atoms with E-state index in [1.54, 1.807) is 24.3 Å². The number of anilines is 2. The molecule has 6 nitrogen and oxygen atoms in total. The Kier molecular flexibility index (Phi) is 5.82. The van der Waals surface area contributed by atoms with E-state index in [4.69, 9.17) is 0 Å². The number of benzene rings is 2. The lowest BCUT2D eigenvalue weighted by atomic mass is 10.1. The molecule has 0 aliphatic carbocycles.